The summed E-state index contributed by atoms with van der Waals surface area (Å²) in [6.45, 7) is 4.46. The molecule has 1 N–H and O–H groups in total. The van der Waals surface area contributed by atoms with Gasteiger partial charge in [-0.3, -0.25) is 4.79 Å². The number of nitrogens with zero attached hydrogens (tertiary/aromatic N) is 5. The van der Waals surface area contributed by atoms with Crippen molar-refractivity contribution in [2.75, 3.05) is 18.9 Å². The topological polar surface area (TPSA) is 89.1 Å². The van der Waals surface area contributed by atoms with Gasteiger partial charge in [-0.05, 0) is 54.1 Å². The van der Waals surface area contributed by atoms with Gasteiger partial charge in [-0.25, -0.2) is 0 Å². The molecule has 0 aliphatic heterocycles. The Bertz CT molecular complexity index is 856. The molecule has 25 heavy (non-hydrogen) atoms. The quantitative estimate of drug-likeness (QED) is 0.738. The molecule has 0 bridgehead atoms. The minimum atomic E-state index is -0.0304. The molecular weight excluding hydrogens is 320 g/mol. The molecular formula is C17H20N6O2. The van der Waals surface area contributed by atoms with Crippen LogP contribution in [0.1, 0.15) is 17.1 Å². The average molecular weight is 340 g/mol. The van der Waals surface area contributed by atoms with Crippen molar-refractivity contribution in [1.29, 1.82) is 0 Å². The molecule has 0 aliphatic rings. The Labute approximate surface area is 145 Å². The number of amides is 1. The van der Waals surface area contributed by atoms with E-state index < -0.39 is 0 Å². The van der Waals surface area contributed by atoms with E-state index in [1.807, 2.05) is 38.1 Å². The first-order valence-electron chi connectivity index (χ1n) is 7.91. The molecule has 1 amide bonds. The fourth-order valence-electron chi connectivity index (χ4n) is 2.44. The zero-order valence-corrected chi connectivity index (χ0v) is 14.4. The summed E-state index contributed by atoms with van der Waals surface area (Å²) >= 11 is 0. The summed E-state index contributed by atoms with van der Waals surface area (Å²) in [7, 11) is 1.75. The van der Waals surface area contributed by atoms with Crippen LogP contribution in [0, 0.1) is 13.8 Å². The van der Waals surface area contributed by atoms with E-state index in [9.17, 15) is 4.79 Å². The summed E-state index contributed by atoms with van der Waals surface area (Å²) in [5, 5.41) is 14.7. The standard InChI is InChI=1S/C17H20N6O2/c1-12-6-7-14(9-16(12)23-13(2)19-20-21-23)18-10-17(24)22(3)11-15-5-4-8-25-15/h4-9,18H,10-11H2,1-3H3. The molecule has 2 heterocycles. The van der Waals surface area contributed by atoms with Gasteiger partial charge in [0.05, 0.1) is 25.0 Å². The Balaban J connectivity index is 1.65. The van der Waals surface area contributed by atoms with Gasteiger partial charge in [0.1, 0.15) is 5.76 Å². The number of rotatable bonds is 6. The first kappa shape index (κ1) is 16.7. The number of tetrazole rings is 1. The monoisotopic (exact) mass is 340 g/mol. The van der Waals surface area contributed by atoms with E-state index in [1.165, 1.54) is 0 Å². The molecule has 0 atom stereocenters. The van der Waals surface area contributed by atoms with Gasteiger partial charge in [-0.1, -0.05) is 6.07 Å². The van der Waals surface area contributed by atoms with E-state index in [0.29, 0.717) is 12.4 Å². The number of likely N-dealkylation sites (N-methyl/N-ethyl adjacent to an activating group) is 1. The molecule has 0 saturated carbocycles. The summed E-state index contributed by atoms with van der Waals surface area (Å²) in [5.41, 5.74) is 2.75. The van der Waals surface area contributed by atoms with Gasteiger partial charge >= 0.3 is 0 Å². The van der Waals surface area contributed by atoms with Gasteiger partial charge in [0, 0.05) is 12.7 Å². The third-order valence-corrected chi connectivity index (χ3v) is 3.91. The fraction of sp³-hybridized carbons (Fsp3) is 0.294. The molecule has 0 unspecified atom stereocenters. The van der Waals surface area contributed by atoms with E-state index >= 15 is 0 Å². The smallest absolute Gasteiger partial charge is 0.242 e. The molecule has 8 heteroatoms. The average Bonchev–Trinajstić information content (AvgIpc) is 3.25. The lowest BCUT2D eigenvalue weighted by atomic mass is 10.2. The SMILES string of the molecule is Cc1ccc(NCC(=O)N(C)Cc2ccco2)cc1-n1nnnc1C. The zero-order chi connectivity index (χ0) is 17.8. The van der Waals surface area contributed by atoms with Crippen molar-refractivity contribution in [3.8, 4) is 5.69 Å². The molecule has 0 aliphatic carbocycles. The van der Waals surface area contributed by atoms with Gasteiger partial charge in [0.25, 0.3) is 0 Å². The minimum Gasteiger partial charge on any atom is -0.467 e. The molecule has 0 saturated heterocycles. The van der Waals surface area contributed by atoms with Crippen LogP contribution in [0.3, 0.4) is 0 Å². The first-order valence-corrected chi connectivity index (χ1v) is 7.91. The lowest BCUT2D eigenvalue weighted by molar-refractivity contribution is -0.128. The molecule has 2 aromatic heterocycles. The summed E-state index contributed by atoms with van der Waals surface area (Å²) in [6, 6.07) is 9.48. The number of aromatic nitrogens is 4. The van der Waals surface area contributed by atoms with Crippen molar-refractivity contribution < 1.29 is 9.21 Å². The summed E-state index contributed by atoms with van der Waals surface area (Å²) < 4.78 is 6.93. The number of furan rings is 1. The second-order valence-electron chi connectivity index (χ2n) is 5.82. The Morgan fingerprint density at radius 1 is 1.32 bits per heavy atom. The van der Waals surface area contributed by atoms with Crippen molar-refractivity contribution in [1.82, 2.24) is 25.1 Å². The highest BCUT2D eigenvalue weighted by molar-refractivity contribution is 5.80. The molecule has 3 aromatic rings. The predicted molar refractivity (Wildman–Crippen MR) is 92.3 cm³/mol. The highest BCUT2D eigenvalue weighted by atomic mass is 16.3. The van der Waals surface area contributed by atoms with Gasteiger partial charge in [0.2, 0.25) is 5.91 Å². The third kappa shape index (κ3) is 3.85. The first-order chi connectivity index (χ1) is 12.0. The second-order valence-corrected chi connectivity index (χ2v) is 5.82. The van der Waals surface area contributed by atoms with Crippen molar-refractivity contribution >= 4 is 11.6 Å². The van der Waals surface area contributed by atoms with E-state index in [1.54, 1.807) is 29.0 Å². The fourth-order valence-corrected chi connectivity index (χ4v) is 2.44. The second kappa shape index (κ2) is 7.16. The van der Waals surface area contributed by atoms with Gasteiger partial charge in [0.15, 0.2) is 5.82 Å². The number of benzene rings is 1. The lowest BCUT2D eigenvalue weighted by Gasteiger charge is -2.17. The van der Waals surface area contributed by atoms with Crippen LogP contribution in [0.5, 0.6) is 0 Å². The number of anilines is 1. The maximum absolute atomic E-state index is 12.3. The summed E-state index contributed by atoms with van der Waals surface area (Å²) in [6.07, 6.45) is 1.60. The van der Waals surface area contributed by atoms with E-state index in [-0.39, 0.29) is 12.5 Å². The Hall–Kier alpha value is -3.16. The van der Waals surface area contributed by atoms with Crippen LogP contribution < -0.4 is 5.32 Å². The Kier molecular flexibility index (Phi) is 4.78. The van der Waals surface area contributed by atoms with Crippen LogP contribution in [-0.2, 0) is 11.3 Å². The van der Waals surface area contributed by atoms with Crippen molar-refractivity contribution in [2.24, 2.45) is 0 Å². The van der Waals surface area contributed by atoms with Crippen LogP contribution in [0.2, 0.25) is 0 Å². The van der Waals surface area contributed by atoms with Gasteiger partial charge in [-0.15, -0.1) is 5.10 Å². The molecule has 0 spiro atoms. The maximum atomic E-state index is 12.3. The zero-order valence-electron chi connectivity index (χ0n) is 14.4. The summed E-state index contributed by atoms with van der Waals surface area (Å²) in [4.78, 5) is 13.9. The summed E-state index contributed by atoms with van der Waals surface area (Å²) in [5.74, 6) is 1.43. The highest BCUT2D eigenvalue weighted by Crippen LogP contribution is 2.19. The highest BCUT2D eigenvalue weighted by Gasteiger charge is 2.12. The molecule has 0 radical (unpaired) electrons. The molecule has 3 rings (SSSR count). The van der Waals surface area contributed by atoms with Crippen molar-refractivity contribution in [3.05, 3.63) is 53.7 Å². The van der Waals surface area contributed by atoms with Crippen molar-refractivity contribution in [2.45, 2.75) is 20.4 Å². The maximum Gasteiger partial charge on any atom is 0.242 e. The van der Waals surface area contributed by atoms with Crippen molar-refractivity contribution in [3.63, 3.8) is 0 Å². The molecule has 0 fully saturated rings. The molecule has 8 nitrogen and oxygen atoms in total. The van der Waals surface area contributed by atoms with E-state index in [2.05, 4.69) is 20.8 Å². The largest absolute Gasteiger partial charge is 0.467 e. The van der Waals surface area contributed by atoms with Gasteiger partial charge in [-0.2, -0.15) is 4.68 Å². The third-order valence-electron chi connectivity index (χ3n) is 3.91. The number of carbonyl (C=O) groups excluding carboxylic acids is 1. The number of hydrogen-bond acceptors (Lipinski definition) is 6. The molecule has 1 aromatic carbocycles. The normalized spacial score (nSPS) is 10.7. The number of aryl methyl sites for hydroxylation is 2. The van der Waals surface area contributed by atoms with E-state index in [0.717, 1.165) is 22.7 Å². The Morgan fingerprint density at radius 3 is 2.84 bits per heavy atom. The minimum absolute atomic E-state index is 0.0304. The number of nitrogens with one attached hydrogen (secondary N) is 1. The van der Waals surface area contributed by atoms with Gasteiger partial charge < -0.3 is 14.6 Å². The number of carbonyl (C=O) groups is 1. The van der Waals surface area contributed by atoms with Crippen LogP contribution >= 0.6 is 0 Å². The number of hydrogen-bond donors (Lipinski definition) is 1. The van der Waals surface area contributed by atoms with Crippen LogP contribution in [-0.4, -0.2) is 44.6 Å². The van der Waals surface area contributed by atoms with Crippen LogP contribution in [0.4, 0.5) is 5.69 Å². The predicted octanol–water partition coefficient (Wildman–Crippen LogP) is 1.94. The lowest BCUT2D eigenvalue weighted by Crippen LogP contribution is -2.31. The van der Waals surface area contributed by atoms with Crippen LogP contribution in [0.25, 0.3) is 5.69 Å². The van der Waals surface area contributed by atoms with E-state index in [4.69, 9.17) is 4.42 Å². The van der Waals surface area contributed by atoms with Crippen LogP contribution in [0.15, 0.2) is 41.0 Å². The Morgan fingerprint density at radius 2 is 2.16 bits per heavy atom. The molecule has 130 valence electrons.